The van der Waals surface area contributed by atoms with Crippen LogP contribution in [0, 0.1) is 20.8 Å². The molecule has 4 aromatic rings. The minimum Gasteiger partial charge on any atom is -0.376 e. The number of hydrogen-bond donors (Lipinski definition) is 2. The number of pyridine rings is 2. The third-order valence-corrected chi connectivity index (χ3v) is 6.09. The normalized spacial score (nSPS) is 16.6. The molecule has 1 fully saturated rings. The van der Waals surface area contributed by atoms with Crippen LogP contribution in [0.25, 0.3) is 27.8 Å². The molecule has 0 radical (unpaired) electrons. The Bertz CT molecular complexity index is 1310. The van der Waals surface area contributed by atoms with E-state index in [-0.39, 0.29) is 11.7 Å². The van der Waals surface area contributed by atoms with Crippen molar-refractivity contribution >= 4 is 22.4 Å². The lowest BCUT2D eigenvalue weighted by atomic mass is 10.0. The average Bonchev–Trinajstić information content (AvgIpc) is 3.37. The summed E-state index contributed by atoms with van der Waals surface area (Å²) in [5.41, 5.74) is 6.19. The molecule has 30 heavy (non-hydrogen) atoms. The van der Waals surface area contributed by atoms with Gasteiger partial charge in [-0.2, -0.15) is 0 Å². The van der Waals surface area contributed by atoms with Crippen molar-refractivity contribution in [2.75, 3.05) is 18.5 Å². The molecule has 6 heteroatoms. The number of nitrogens with one attached hydrogen (secondary N) is 2. The van der Waals surface area contributed by atoms with Crippen molar-refractivity contribution in [3.8, 4) is 11.3 Å². The summed E-state index contributed by atoms with van der Waals surface area (Å²) in [5, 5.41) is 4.53. The smallest absolute Gasteiger partial charge is 0.258 e. The van der Waals surface area contributed by atoms with Crippen LogP contribution in [0.5, 0.6) is 0 Å². The first-order chi connectivity index (χ1) is 14.5. The average molecular weight is 402 g/mol. The van der Waals surface area contributed by atoms with E-state index in [1.54, 1.807) is 0 Å². The molecule has 1 aromatic carbocycles. The summed E-state index contributed by atoms with van der Waals surface area (Å²) in [7, 11) is 0. The van der Waals surface area contributed by atoms with Crippen LogP contribution >= 0.6 is 0 Å². The number of aromatic amines is 1. The topological polar surface area (TPSA) is 71.4 Å². The number of ether oxygens (including phenoxy) is 1. The molecule has 1 atom stereocenters. The highest BCUT2D eigenvalue weighted by atomic mass is 16.5. The molecular weight excluding hydrogens is 376 g/mol. The second kappa shape index (κ2) is 7.29. The third-order valence-electron chi connectivity index (χ3n) is 6.09. The molecule has 0 saturated carbocycles. The van der Waals surface area contributed by atoms with Crippen molar-refractivity contribution < 1.29 is 4.74 Å². The molecule has 0 bridgehead atoms. The first kappa shape index (κ1) is 18.9. The summed E-state index contributed by atoms with van der Waals surface area (Å²) in [6.07, 6.45) is 4.38. The van der Waals surface area contributed by atoms with Gasteiger partial charge in [-0.25, -0.2) is 4.98 Å². The molecule has 3 aromatic heterocycles. The Labute approximate surface area is 174 Å². The maximum absolute atomic E-state index is 13.1. The Morgan fingerprint density at radius 2 is 2.10 bits per heavy atom. The number of aryl methyl sites for hydroxylation is 3. The van der Waals surface area contributed by atoms with Gasteiger partial charge in [0.1, 0.15) is 17.2 Å². The first-order valence-electron chi connectivity index (χ1n) is 10.5. The lowest BCUT2D eigenvalue weighted by Crippen LogP contribution is -2.20. The number of imidazole rings is 1. The first-order valence-corrected chi connectivity index (χ1v) is 10.5. The predicted octanol–water partition coefficient (Wildman–Crippen LogP) is 4.36. The molecule has 1 aliphatic heterocycles. The lowest BCUT2D eigenvalue weighted by Gasteiger charge is -2.13. The van der Waals surface area contributed by atoms with Crippen molar-refractivity contribution in [1.29, 1.82) is 0 Å². The minimum atomic E-state index is -0.128. The van der Waals surface area contributed by atoms with Gasteiger partial charge in [-0.1, -0.05) is 18.2 Å². The number of rotatable bonds is 4. The monoisotopic (exact) mass is 402 g/mol. The number of anilines is 1. The zero-order chi connectivity index (χ0) is 20.8. The van der Waals surface area contributed by atoms with E-state index in [1.807, 2.05) is 35.7 Å². The summed E-state index contributed by atoms with van der Waals surface area (Å²) >= 11 is 0. The molecule has 0 aliphatic carbocycles. The van der Waals surface area contributed by atoms with Crippen LogP contribution in [0.1, 0.15) is 29.5 Å². The highest BCUT2D eigenvalue weighted by Crippen LogP contribution is 2.30. The van der Waals surface area contributed by atoms with E-state index >= 15 is 0 Å². The fourth-order valence-electron chi connectivity index (χ4n) is 4.22. The minimum absolute atomic E-state index is 0.128. The quantitative estimate of drug-likeness (QED) is 0.532. The highest BCUT2D eigenvalue weighted by molar-refractivity contribution is 5.88. The van der Waals surface area contributed by atoms with Crippen molar-refractivity contribution in [1.82, 2.24) is 14.4 Å². The summed E-state index contributed by atoms with van der Waals surface area (Å²) in [4.78, 5) is 21.0. The van der Waals surface area contributed by atoms with Gasteiger partial charge in [0, 0.05) is 19.3 Å². The Hall–Kier alpha value is -3.12. The van der Waals surface area contributed by atoms with Crippen LogP contribution in [0.4, 0.5) is 5.82 Å². The Morgan fingerprint density at radius 3 is 2.90 bits per heavy atom. The molecule has 5 rings (SSSR count). The number of aromatic nitrogens is 3. The van der Waals surface area contributed by atoms with Gasteiger partial charge in [-0.3, -0.25) is 9.20 Å². The van der Waals surface area contributed by atoms with Crippen LogP contribution in [-0.2, 0) is 4.74 Å². The van der Waals surface area contributed by atoms with Crippen molar-refractivity contribution in [3.05, 3.63) is 63.6 Å². The number of fused-ring (bicyclic) bond motifs is 2. The van der Waals surface area contributed by atoms with Gasteiger partial charge in [0.2, 0.25) is 0 Å². The van der Waals surface area contributed by atoms with E-state index in [9.17, 15) is 4.79 Å². The standard InChI is InChI=1S/C24H26N4O2/c1-14-6-9-20-26-22(23(28(20)13-14)25-12-18-5-4-10-30-18)19-11-17-8-7-15(2)16(3)21(17)27-24(19)29/h6-9,11,13,18,25H,4-5,10,12H2,1-3H3,(H,27,29)/t18-/m0/s1. The van der Waals surface area contributed by atoms with Crippen molar-refractivity contribution in [2.45, 2.75) is 39.7 Å². The van der Waals surface area contributed by atoms with Crippen molar-refractivity contribution in [3.63, 3.8) is 0 Å². The van der Waals surface area contributed by atoms with Crippen LogP contribution in [0.2, 0.25) is 0 Å². The SMILES string of the molecule is Cc1ccc2nc(-c3cc4ccc(C)c(C)c4[nH]c3=O)c(NC[C@@H]3CCCO3)n2c1. The zero-order valence-electron chi connectivity index (χ0n) is 17.6. The molecule has 0 unspecified atom stereocenters. The van der Waals surface area contributed by atoms with Crippen LogP contribution in [0.15, 0.2) is 41.3 Å². The van der Waals surface area contributed by atoms with Gasteiger partial charge in [-0.05, 0) is 67.8 Å². The second-order valence-electron chi connectivity index (χ2n) is 8.24. The molecule has 1 saturated heterocycles. The molecule has 2 N–H and O–H groups in total. The summed E-state index contributed by atoms with van der Waals surface area (Å²) < 4.78 is 7.81. The fraction of sp³-hybridized carbons (Fsp3) is 0.333. The van der Waals surface area contributed by atoms with Crippen LogP contribution in [0.3, 0.4) is 0 Å². The van der Waals surface area contributed by atoms with E-state index in [1.165, 1.54) is 0 Å². The molecule has 0 amide bonds. The number of benzene rings is 1. The molecule has 0 spiro atoms. The van der Waals surface area contributed by atoms with Gasteiger partial charge >= 0.3 is 0 Å². The van der Waals surface area contributed by atoms with Gasteiger partial charge < -0.3 is 15.0 Å². The predicted molar refractivity (Wildman–Crippen MR) is 120 cm³/mol. The summed E-state index contributed by atoms with van der Waals surface area (Å²) in [6, 6.07) is 10.1. The van der Waals surface area contributed by atoms with Gasteiger partial charge in [-0.15, -0.1) is 0 Å². The van der Waals surface area contributed by atoms with Crippen LogP contribution < -0.4 is 10.9 Å². The Morgan fingerprint density at radius 1 is 1.23 bits per heavy atom. The summed E-state index contributed by atoms with van der Waals surface area (Å²) in [6.45, 7) is 7.65. The van der Waals surface area contributed by atoms with Gasteiger partial charge in [0.15, 0.2) is 0 Å². The largest absolute Gasteiger partial charge is 0.376 e. The number of H-pyrrole nitrogens is 1. The maximum Gasteiger partial charge on any atom is 0.258 e. The van der Waals surface area contributed by atoms with Crippen LogP contribution in [-0.4, -0.2) is 33.6 Å². The second-order valence-corrected chi connectivity index (χ2v) is 8.24. The van der Waals surface area contributed by atoms with Gasteiger partial charge in [0.25, 0.3) is 5.56 Å². The number of nitrogens with zero attached hydrogens (tertiary/aromatic N) is 2. The lowest BCUT2D eigenvalue weighted by molar-refractivity contribution is 0.120. The molecular formula is C24H26N4O2. The third kappa shape index (κ3) is 3.17. The Kier molecular flexibility index (Phi) is 4.59. The fourth-order valence-corrected chi connectivity index (χ4v) is 4.22. The van der Waals surface area contributed by atoms with Gasteiger partial charge in [0.05, 0.1) is 17.2 Å². The summed E-state index contributed by atoms with van der Waals surface area (Å²) in [5.74, 6) is 0.831. The zero-order valence-corrected chi connectivity index (χ0v) is 17.6. The Balaban J connectivity index is 1.67. The van der Waals surface area contributed by atoms with E-state index in [0.717, 1.165) is 58.5 Å². The van der Waals surface area contributed by atoms with E-state index < -0.39 is 0 Å². The number of hydrogen-bond acceptors (Lipinski definition) is 4. The van der Waals surface area contributed by atoms with E-state index in [2.05, 4.69) is 36.3 Å². The van der Waals surface area contributed by atoms with E-state index in [4.69, 9.17) is 9.72 Å². The highest BCUT2D eigenvalue weighted by Gasteiger charge is 2.21. The molecule has 154 valence electrons. The molecule has 1 aliphatic rings. The van der Waals surface area contributed by atoms with Crippen molar-refractivity contribution in [2.24, 2.45) is 0 Å². The maximum atomic E-state index is 13.1. The molecule has 4 heterocycles. The van der Waals surface area contributed by atoms with E-state index in [0.29, 0.717) is 17.8 Å². The molecule has 6 nitrogen and oxygen atoms in total.